The van der Waals surface area contributed by atoms with Crippen molar-refractivity contribution in [2.45, 2.75) is 22.5 Å². The molecule has 1 amide bonds. The Balaban J connectivity index is 1.84. The van der Waals surface area contributed by atoms with Gasteiger partial charge in [0.15, 0.2) is 14.6 Å². The van der Waals surface area contributed by atoms with Crippen LogP contribution in [0.2, 0.25) is 5.02 Å². The number of benzene rings is 2. The van der Waals surface area contributed by atoms with Gasteiger partial charge in [0.05, 0.1) is 11.4 Å². The van der Waals surface area contributed by atoms with Crippen LogP contribution in [0, 0.1) is 0 Å². The van der Waals surface area contributed by atoms with Gasteiger partial charge in [-0.05, 0) is 61.4 Å². The number of carboxylic acids is 1. The molecule has 0 spiro atoms. The zero-order chi connectivity index (χ0) is 22.6. The Labute approximate surface area is 184 Å². The van der Waals surface area contributed by atoms with Crippen LogP contribution in [0.25, 0.3) is 0 Å². The minimum atomic E-state index is -4.20. The molecule has 0 bridgehead atoms. The van der Waals surface area contributed by atoms with Gasteiger partial charge in [-0.3, -0.25) is 19.7 Å². The first-order valence-corrected chi connectivity index (χ1v) is 11.2. The number of hydrogen-bond acceptors (Lipinski definition) is 7. The number of hydrogen-bond donors (Lipinski definition) is 3. The highest BCUT2D eigenvalue weighted by Crippen LogP contribution is 2.36. The third kappa shape index (κ3) is 4.82. The zero-order valence-corrected chi connectivity index (χ0v) is 17.9. The number of halogens is 1. The van der Waals surface area contributed by atoms with E-state index in [1.54, 1.807) is 29.2 Å². The summed E-state index contributed by atoms with van der Waals surface area (Å²) in [5.41, 5.74) is 1.47. The summed E-state index contributed by atoms with van der Waals surface area (Å²) in [4.78, 5) is 24.8. The summed E-state index contributed by atoms with van der Waals surface area (Å²) in [6, 6.07) is 12.2. The number of likely N-dealkylation sites (tertiary alicyclic amines) is 1. The molecule has 1 heterocycles. The lowest BCUT2D eigenvalue weighted by Gasteiger charge is -2.38. The van der Waals surface area contributed by atoms with E-state index in [4.69, 9.17) is 21.4 Å². The molecule has 0 saturated carbocycles. The number of carbonyl (C=O) groups excluding carboxylic acids is 1. The van der Waals surface area contributed by atoms with Crippen LogP contribution in [0.1, 0.15) is 12.8 Å². The van der Waals surface area contributed by atoms with Crippen molar-refractivity contribution in [3.8, 4) is 11.5 Å². The molecule has 1 fully saturated rings. The standard InChI is InChI=1S/C20H21ClN2O7S/c21-14-1-3-15(4-2-14)30-16-5-7-17(8-6-16)31(28,29)20(19(26)22-27)9-11-23(12-10-20)13-18(24)25/h1-8,27H,9-13H2,(H,22,26)(H,24,25). The van der Waals surface area contributed by atoms with E-state index in [0.29, 0.717) is 16.5 Å². The van der Waals surface area contributed by atoms with Gasteiger partial charge in [0.2, 0.25) is 0 Å². The topological polar surface area (TPSA) is 133 Å². The number of amides is 1. The summed E-state index contributed by atoms with van der Waals surface area (Å²) in [7, 11) is -4.20. The summed E-state index contributed by atoms with van der Waals surface area (Å²) in [5, 5.41) is 18.7. The van der Waals surface area contributed by atoms with Crippen LogP contribution < -0.4 is 10.2 Å². The molecule has 31 heavy (non-hydrogen) atoms. The fourth-order valence-corrected chi connectivity index (χ4v) is 5.62. The van der Waals surface area contributed by atoms with Crippen LogP contribution in [0.4, 0.5) is 0 Å². The fourth-order valence-electron chi connectivity index (χ4n) is 3.53. The van der Waals surface area contributed by atoms with E-state index < -0.39 is 26.5 Å². The number of rotatable bonds is 7. The van der Waals surface area contributed by atoms with E-state index >= 15 is 0 Å². The Morgan fingerprint density at radius 1 is 1.03 bits per heavy atom. The fraction of sp³-hybridized carbons (Fsp3) is 0.300. The second-order valence-corrected chi connectivity index (χ2v) is 9.83. The molecule has 0 unspecified atom stereocenters. The highest BCUT2D eigenvalue weighted by Gasteiger charge is 2.53. The first kappa shape index (κ1) is 23.0. The van der Waals surface area contributed by atoms with Crippen LogP contribution in [-0.2, 0) is 19.4 Å². The highest BCUT2D eigenvalue weighted by atomic mass is 35.5. The molecule has 9 nitrogen and oxygen atoms in total. The Hall–Kier alpha value is -2.66. The van der Waals surface area contributed by atoms with Gasteiger partial charge >= 0.3 is 5.97 Å². The minimum absolute atomic E-state index is 0.0801. The van der Waals surface area contributed by atoms with Crippen molar-refractivity contribution < 1.29 is 33.1 Å². The van der Waals surface area contributed by atoms with Gasteiger partial charge in [-0.15, -0.1) is 0 Å². The number of sulfone groups is 1. The third-order valence-electron chi connectivity index (χ3n) is 5.24. The van der Waals surface area contributed by atoms with Crippen molar-refractivity contribution in [1.29, 1.82) is 0 Å². The monoisotopic (exact) mass is 468 g/mol. The van der Waals surface area contributed by atoms with Crippen LogP contribution in [0.3, 0.4) is 0 Å². The largest absolute Gasteiger partial charge is 0.480 e. The number of nitrogens with zero attached hydrogens (tertiary/aromatic N) is 1. The number of aliphatic carboxylic acids is 1. The molecule has 1 saturated heterocycles. The number of nitrogens with one attached hydrogen (secondary N) is 1. The van der Waals surface area contributed by atoms with E-state index in [2.05, 4.69) is 0 Å². The lowest BCUT2D eigenvalue weighted by Crippen LogP contribution is -2.58. The number of piperidine rings is 1. The number of ether oxygens (including phenoxy) is 1. The predicted molar refractivity (Wildman–Crippen MR) is 111 cm³/mol. The van der Waals surface area contributed by atoms with E-state index in [0.717, 1.165) is 0 Å². The summed E-state index contributed by atoms with van der Waals surface area (Å²) >= 11 is 5.84. The van der Waals surface area contributed by atoms with Crippen LogP contribution in [0.5, 0.6) is 11.5 Å². The Morgan fingerprint density at radius 3 is 2.03 bits per heavy atom. The van der Waals surface area contributed by atoms with Gasteiger partial charge in [0, 0.05) is 18.1 Å². The molecule has 0 aliphatic carbocycles. The SMILES string of the molecule is O=C(O)CN1CCC(C(=O)NO)(S(=O)(=O)c2ccc(Oc3ccc(Cl)cc3)cc2)CC1. The van der Waals surface area contributed by atoms with Gasteiger partial charge in [0.25, 0.3) is 5.91 Å². The smallest absolute Gasteiger partial charge is 0.317 e. The lowest BCUT2D eigenvalue weighted by atomic mass is 9.95. The van der Waals surface area contributed by atoms with Gasteiger partial charge < -0.3 is 9.84 Å². The molecule has 2 aromatic carbocycles. The molecule has 0 atom stereocenters. The third-order valence-corrected chi connectivity index (χ3v) is 8.00. The molecule has 3 rings (SSSR count). The Morgan fingerprint density at radius 2 is 1.55 bits per heavy atom. The van der Waals surface area contributed by atoms with Crippen molar-refractivity contribution in [2.75, 3.05) is 19.6 Å². The van der Waals surface area contributed by atoms with Gasteiger partial charge in [-0.1, -0.05) is 11.6 Å². The van der Waals surface area contributed by atoms with Crippen molar-refractivity contribution in [1.82, 2.24) is 10.4 Å². The molecular weight excluding hydrogens is 448 g/mol. The minimum Gasteiger partial charge on any atom is -0.480 e. The van der Waals surface area contributed by atoms with Gasteiger partial charge in [-0.2, -0.15) is 0 Å². The normalized spacial score (nSPS) is 16.5. The summed E-state index contributed by atoms with van der Waals surface area (Å²) in [6.07, 6.45) is -0.309. The number of carbonyl (C=O) groups is 2. The second-order valence-electron chi connectivity index (χ2n) is 7.14. The average molecular weight is 469 g/mol. The van der Waals surface area contributed by atoms with Crippen molar-refractivity contribution >= 4 is 33.3 Å². The van der Waals surface area contributed by atoms with Crippen LogP contribution in [-0.4, -0.2) is 59.9 Å². The Bertz CT molecular complexity index is 1050. The van der Waals surface area contributed by atoms with Crippen LogP contribution >= 0.6 is 11.6 Å². The molecule has 11 heteroatoms. The summed E-state index contributed by atoms with van der Waals surface area (Å²) < 4.78 is 30.5. The van der Waals surface area contributed by atoms with E-state index in [9.17, 15) is 23.2 Å². The number of carboxylic acid groups (broad SMARTS) is 1. The van der Waals surface area contributed by atoms with Gasteiger partial charge in [-0.25, -0.2) is 13.9 Å². The molecule has 0 aromatic heterocycles. The van der Waals surface area contributed by atoms with Crippen molar-refractivity contribution in [2.24, 2.45) is 0 Å². The summed E-state index contributed by atoms with van der Waals surface area (Å²) in [6.45, 7) is -0.0962. The number of hydroxylamine groups is 1. The molecule has 1 aliphatic rings. The Kier molecular flexibility index (Phi) is 6.85. The molecular formula is C20H21ClN2O7S. The molecule has 2 aromatic rings. The quantitative estimate of drug-likeness (QED) is 0.416. The molecule has 166 valence electrons. The van der Waals surface area contributed by atoms with Gasteiger partial charge in [0.1, 0.15) is 11.5 Å². The van der Waals surface area contributed by atoms with E-state index in [1.165, 1.54) is 29.7 Å². The molecule has 3 N–H and O–H groups in total. The van der Waals surface area contributed by atoms with Crippen molar-refractivity contribution in [3.05, 3.63) is 53.6 Å². The maximum Gasteiger partial charge on any atom is 0.317 e. The first-order valence-electron chi connectivity index (χ1n) is 9.35. The highest BCUT2D eigenvalue weighted by molar-refractivity contribution is 7.93. The second kappa shape index (κ2) is 9.23. The maximum absolute atomic E-state index is 13.4. The predicted octanol–water partition coefficient (Wildman–Crippen LogP) is 2.33. The first-order chi connectivity index (χ1) is 14.7. The molecule has 1 aliphatic heterocycles. The average Bonchev–Trinajstić information content (AvgIpc) is 2.75. The zero-order valence-electron chi connectivity index (χ0n) is 16.3. The lowest BCUT2D eigenvalue weighted by molar-refractivity contribution is -0.139. The van der Waals surface area contributed by atoms with E-state index in [-0.39, 0.29) is 37.4 Å². The maximum atomic E-state index is 13.4. The summed E-state index contributed by atoms with van der Waals surface area (Å²) in [5.74, 6) is -1.18. The van der Waals surface area contributed by atoms with E-state index in [1.807, 2.05) is 0 Å². The molecule has 0 radical (unpaired) electrons. The van der Waals surface area contributed by atoms with Crippen molar-refractivity contribution in [3.63, 3.8) is 0 Å². The van der Waals surface area contributed by atoms with Crippen LogP contribution in [0.15, 0.2) is 53.4 Å².